The highest BCUT2D eigenvalue weighted by Gasteiger charge is 2.18. The summed E-state index contributed by atoms with van der Waals surface area (Å²) >= 11 is 0. The van der Waals surface area contributed by atoms with E-state index in [1.54, 1.807) is 6.08 Å². The minimum atomic E-state index is -0.842. The van der Waals surface area contributed by atoms with Crippen LogP contribution in [0.15, 0.2) is 36.5 Å². The van der Waals surface area contributed by atoms with Gasteiger partial charge in [-0.2, -0.15) is 0 Å². The van der Waals surface area contributed by atoms with Gasteiger partial charge in [-0.15, -0.1) is 0 Å². The molecule has 478 valence electrons. The Bertz CT molecular complexity index is 1310. The molecule has 2 unspecified atom stereocenters. The van der Waals surface area contributed by atoms with E-state index >= 15 is 0 Å². The number of hydrogen-bond acceptors (Lipinski definition) is 5. The van der Waals surface area contributed by atoms with Crippen molar-refractivity contribution in [1.82, 2.24) is 5.32 Å². The Morgan fingerprint density at radius 2 is 0.617 bits per heavy atom. The van der Waals surface area contributed by atoms with Crippen LogP contribution in [0.2, 0.25) is 0 Å². The predicted octanol–water partition coefficient (Wildman–Crippen LogP) is 23.9. The number of esters is 1. The lowest BCUT2D eigenvalue weighted by atomic mass is 10.0. The summed E-state index contributed by atoms with van der Waals surface area (Å²) in [5.74, 6) is -0.0452. The number of ether oxygens (including phenoxy) is 1. The second-order valence-corrected chi connectivity index (χ2v) is 25.3. The summed E-state index contributed by atoms with van der Waals surface area (Å²) < 4.78 is 5.51. The van der Waals surface area contributed by atoms with E-state index in [4.69, 9.17) is 4.74 Å². The molecule has 0 heterocycles. The molecule has 0 aliphatic carbocycles. The summed E-state index contributed by atoms with van der Waals surface area (Å²) in [5, 5.41) is 23.2. The van der Waals surface area contributed by atoms with Crippen molar-refractivity contribution < 1.29 is 24.5 Å². The maximum atomic E-state index is 12.5. The van der Waals surface area contributed by atoms with Gasteiger partial charge in [0, 0.05) is 12.8 Å². The number of hydrogen-bond donors (Lipinski definition) is 3. The summed E-state index contributed by atoms with van der Waals surface area (Å²) in [6.45, 7) is 4.91. The molecule has 0 saturated heterocycles. The topological polar surface area (TPSA) is 95.9 Å². The average Bonchev–Trinajstić information content (AvgIpc) is 3.47. The molecule has 0 rings (SSSR count). The quantitative estimate of drug-likeness (QED) is 0.0320. The first kappa shape index (κ1) is 79.1. The number of carbonyl (C=O) groups is 2. The Hall–Kier alpha value is -1.92. The molecule has 0 radical (unpaired) electrons. The molecule has 81 heavy (non-hydrogen) atoms. The number of rotatable bonds is 69. The van der Waals surface area contributed by atoms with Crippen LogP contribution in [0.25, 0.3) is 0 Å². The van der Waals surface area contributed by atoms with Crippen LogP contribution in [-0.2, 0) is 14.3 Å². The fraction of sp³-hybridized carbons (Fsp3) is 0.893. The predicted molar refractivity (Wildman–Crippen MR) is 356 cm³/mol. The van der Waals surface area contributed by atoms with Crippen LogP contribution in [0.4, 0.5) is 0 Å². The summed E-state index contributed by atoms with van der Waals surface area (Å²) in [6, 6.07) is -0.625. The smallest absolute Gasteiger partial charge is 0.305 e. The number of amides is 1. The second-order valence-electron chi connectivity index (χ2n) is 25.3. The van der Waals surface area contributed by atoms with E-state index in [-0.39, 0.29) is 18.5 Å². The van der Waals surface area contributed by atoms with E-state index < -0.39 is 12.1 Å². The van der Waals surface area contributed by atoms with Crippen LogP contribution in [0.1, 0.15) is 406 Å². The van der Waals surface area contributed by atoms with Crippen molar-refractivity contribution in [3.63, 3.8) is 0 Å². The number of unbranched alkanes of at least 4 members (excludes halogenated alkanes) is 54. The first-order valence-electron chi connectivity index (χ1n) is 36.8. The van der Waals surface area contributed by atoms with Crippen LogP contribution >= 0.6 is 0 Å². The number of aliphatic hydroxyl groups is 2. The van der Waals surface area contributed by atoms with Crippen molar-refractivity contribution in [2.45, 2.75) is 418 Å². The molecular formula is C75H143NO5. The van der Waals surface area contributed by atoms with Crippen molar-refractivity contribution in [3.05, 3.63) is 36.5 Å². The molecule has 6 heteroatoms. The summed E-state index contributed by atoms with van der Waals surface area (Å²) in [4.78, 5) is 24.6. The van der Waals surface area contributed by atoms with Crippen LogP contribution in [0.5, 0.6) is 0 Å². The Kier molecular flexibility index (Phi) is 68.9. The van der Waals surface area contributed by atoms with E-state index in [0.717, 1.165) is 51.4 Å². The minimum Gasteiger partial charge on any atom is -0.466 e. The van der Waals surface area contributed by atoms with Gasteiger partial charge in [0.1, 0.15) is 0 Å². The van der Waals surface area contributed by atoms with Gasteiger partial charge in [-0.25, -0.2) is 0 Å². The highest BCUT2D eigenvalue weighted by molar-refractivity contribution is 5.76. The van der Waals surface area contributed by atoms with E-state index in [9.17, 15) is 19.8 Å². The van der Waals surface area contributed by atoms with E-state index in [0.29, 0.717) is 19.4 Å². The molecule has 1 amide bonds. The lowest BCUT2D eigenvalue weighted by Crippen LogP contribution is -2.45. The monoisotopic (exact) mass is 1140 g/mol. The fourth-order valence-corrected chi connectivity index (χ4v) is 11.6. The van der Waals surface area contributed by atoms with Gasteiger partial charge < -0.3 is 20.3 Å². The maximum Gasteiger partial charge on any atom is 0.305 e. The molecule has 2 atom stereocenters. The Balaban J connectivity index is 3.33. The lowest BCUT2D eigenvalue weighted by Gasteiger charge is -2.20. The molecule has 0 aromatic carbocycles. The standard InChI is InChI=1S/C75H143NO5/c1-3-5-7-9-11-13-15-17-19-20-33-37-41-45-49-53-57-61-65-69-75(80)81-70-66-62-58-54-50-46-42-38-35-32-30-28-26-24-22-21-23-25-27-29-31-34-36-40-44-48-52-56-60-64-68-74(79)76-72(71-77)73(78)67-63-59-55-51-47-43-39-18-16-14-12-10-8-6-4-2/h11,13,17,19,63,67,72-73,77-78H,3-10,12,14-16,18,20-62,64-66,68-71H2,1-2H3,(H,76,79)/b13-11-,19-17-,67-63+. The van der Waals surface area contributed by atoms with Crippen molar-refractivity contribution >= 4 is 11.9 Å². The Labute approximate surface area is 506 Å². The summed E-state index contributed by atoms with van der Waals surface area (Å²) in [6.07, 6.45) is 91.0. The normalized spacial score (nSPS) is 12.7. The molecule has 0 aliphatic heterocycles. The van der Waals surface area contributed by atoms with Crippen LogP contribution < -0.4 is 5.32 Å². The number of allylic oxidation sites excluding steroid dienone is 5. The van der Waals surface area contributed by atoms with E-state index in [2.05, 4.69) is 43.5 Å². The fourth-order valence-electron chi connectivity index (χ4n) is 11.6. The maximum absolute atomic E-state index is 12.5. The van der Waals surface area contributed by atoms with Crippen LogP contribution in [-0.4, -0.2) is 47.4 Å². The summed E-state index contributed by atoms with van der Waals surface area (Å²) in [5.41, 5.74) is 0. The van der Waals surface area contributed by atoms with Crippen LogP contribution in [0.3, 0.4) is 0 Å². The number of carbonyl (C=O) groups excluding carboxylic acids is 2. The lowest BCUT2D eigenvalue weighted by molar-refractivity contribution is -0.143. The first-order valence-corrected chi connectivity index (χ1v) is 36.8. The molecule has 0 saturated carbocycles. The van der Waals surface area contributed by atoms with E-state index in [1.807, 2.05) is 6.08 Å². The third kappa shape index (κ3) is 67.1. The Morgan fingerprint density at radius 1 is 0.346 bits per heavy atom. The SMILES string of the molecule is CCCCC/C=C\C/C=C\CCCCCCCCCCCC(=O)OCCCCCCCCCCCCCCCCCCCCCCCCCCCCCCCCC(=O)NC(CO)C(O)/C=C/CCCCCCCCCCCCCCC. The zero-order valence-electron chi connectivity index (χ0n) is 54.8. The molecule has 6 nitrogen and oxygen atoms in total. The van der Waals surface area contributed by atoms with Crippen molar-refractivity contribution in [3.8, 4) is 0 Å². The molecule has 0 aromatic rings. The summed E-state index contributed by atoms with van der Waals surface area (Å²) in [7, 11) is 0. The highest BCUT2D eigenvalue weighted by Crippen LogP contribution is 2.19. The molecule has 0 bridgehead atoms. The molecule has 3 N–H and O–H groups in total. The third-order valence-corrected chi connectivity index (χ3v) is 17.2. The van der Waals surface area contributed by atoms with Gasteiger partial charge in [-0.3, -0.25) is 9.59 Å². The number of nitrogens with one attached hydrogen (secondary N) is 1. The van der Waals surface area contributed by atoms with Gasteiger partial charge in [0.05, 0.1) is 25.4 Å². The molecular weight excluding hydrogens is 995 g/mol. The third-order valence-electron chi connectivity index (χ3n) is 17.2. The van der Waals surface area contributed by atoms with Crippen molar-refractivity contribution in [2.75, 3.05) is 13.2 Å². The Morgan fingerprint density at radius 3 is 0.963 bits per heavy atom. The van der Waals surface area contributed by atoms with Gasteiger partial charge in [0.2, 0.25) is 5.91 Å². The van der Waals surface area contributed by atoms with Gasteiger partial charge in [-0.05, 0) is 64.2 Å². The number of aliphatic hydroxyl groups excluding tert-OH is 2. The van der Waals surface area contributed by atoms with E-state index in [1.165, 1.54) is 327 Å². The van der Waals surface area contributed by atoms with Crippen molar-refractivity contribution in [1.29, 1.82) is 0 Å². The zero-order valence-corrected chi connectivity index (χ0v) is 54.8. The largest absolute Gasteiger partial charge is 0.466 e. The van der Waals surface area contributed by atoms with Crippen LogP contribution in [0, 0.1) is 0 Å². The van der Waals surface area contributed by atoms with Gasteiger partial charge in [-0.1, -0.05) is 365 Å². The molecule has 0 aliphatic rings. The first-order chi connectivity index (χ1) is 40.0. The zero-order chi connectivity index (χ0) is 58.5. The average molecular weight is 1140 g/mol. The van der Waals surface area contributed by atoms with Gasteiger partial charge in [0.15, 0.2) is 0 Å². The molecule has 0 fully saturated rings. The minimum absolute atomic E-state index is 0.0165. The molecule has 0 spiro atoms. The highest BCUT2D eigenvalue weighted by atomic mass is 16.5. The van der Waals surface area contributed by atoms with Crippen molar-refractivity contribution in [2.24, 2.45) is 0 Å². The van der Waals surface area contributed by atoms with Gasteiger partial charge in [0.25, 0.3) is 0 Å². The second kappa shape index (κ2) is 70.6. The molecule has 0 aromatic heterocycles. The van der Waals surface area contributed by atoms with Gasteiger partial charge >= 0.3 is 5.97 Å².